The topological polar surface area (TPSA) is 12.5 Å². The fraction of sp³-hybridized carbons (Fsp3) is 0.250. The zero-order valence-electron chi connectivity index (χ0n) is 11.2. The monoisotopic (exact) mass is 285 g/mol. The van der Waals surface area contributed by atoms with Crippen molar-refractivity contribution in [2.75, 3.05) is 7.05 Å². The van der Waals surface area contributed by atoms with Gasteiger partial charge in [-0.25, -0.2) is 0 Å². The maximum Gasteiger partial charge on any atom is 0.138 e. The van der Waals surface area contributed by atoms with Gasteiger partial charge in [0.25, 0.3) is 0 Å². The van der Waals surface area contributed by atoms with Gasteiger partial charge >= 0.3 is 0 Å². The lowest BCUT2D eigenvalue weighted by Crippen LogP contribution is -2.24. The van der Waals surface area contributed by atoms with Crippen LogP contribution in [-0.4, -0.2) is 26.2 Å². The molecule has 0 bridgehead atoms. The van der Waals surface area contributed by atoms with Crippen molar-refractivity contribution in [3.05, 3.63) is 66.2 Å². The van der Waals surface area contributed by atoms with Gasteiger partial charge in [-0.05, 0) is 19.5 Å². The molecule has 3 atom stereocenters. The normalized spacial score (nSPS) is 26.2. The molecular weight excluding hydrogens is 264 g/mol. The molecule has 0 saturated carbocycles. The van der Waals surface area contributed by atoms with Crippen molar-refractivity contribution in [2.45, 2.75) is 19.1 Å². The highest BCUT2D eigenvalue weighted by Crippen LogP contribution is 2.54. The first-order valence-electron chi connectivity index (χ1n) is 6.57. The van der Waals surface area contributed by atoms with Crippen LogP contribution in [0, 0.1) is 0 Å². The zero-order valence-corrected chi connectivity index (χ0v) is 12.1. The van der Waals surface area contributed by atoms with Crippen LogP contribution in [-0.2, 0) is 4.52 Å². The number of hydrogen-bond acceptors (Lipinski definition) is 2. The lowest BCUT2D eigenvalue weighted by molar-refractivity contribution is 0.218. The molecule has 1 aliphatic heterocycles. The maximum atomic E-state index is 6.35. The van der Waals surface area contributed by atoms with Gasteiger partial charge in [0.05, 0.1) is 8.41 Å². The molecule has 2 aromatic rings. The van der Waals surface area contributed by atoms with Crippen LogP contribution in [0.3, 0.4) is 0 Å². The number of benzene rings is 2. The minimum Gasteiger partial charge on any atom is -0.330 e. The quantitative estimate of drug-likeness (QED) is 0.621. The summed E-state index contributed by atoms with van der Waals surface area (Å²) in [5.41, 5.74) is 1.27. The van der Waals surface area contributed by atoms with Crippen molar-refractivity contribution in [1.29, 1.82) is 0 Å². The summed E-state index contributed by atoms with van der Waals surface area (Å²) in [5.74, 6) is 0. The largest absolute Gasteiger partial charge is 0.330 e. The second-order valence-corrected chi connectivity index (χ2v) is 6.76. The van der Waals surface area contributed by atoms with Gasteiger partial charge in [-0.15, -0.1) is 0 Å². The molecule has 3 rings (SSSR count). The second-order valence-electron chi connectivity index (χ2n) is 4.86. The molecule has 4 heteroatoms. The summed E-state index contributed by atoms with van der Waals surface area (Å²) in [6.45, 7) is 2.24. The first kappa shape index (κ1) is 15.2. The highest BCUT2D eigenvalue weighted by molar-refractivity contribution is 7.58. The Morgan fingerprint density at radius 2 is 1.50 bits per heavy atom. The van der Waals surface area contributed by atoms with Crippen LogP contribution in [0.4, 0.5) is 0 Å². The van der Waals surface area contributed by atoms with Gasteiger partial charge in [0.1, 0.15) is 14.4 Å². The van der Waals surface area contributed by atoms with E-state index in [0.29, 0.717) is 6.04 Å². The molecule has 1 aliphatic rings. The van der Waals surface area contributed by atoms with E-state index >= 15 is 0 Å². The summed E-state index contributed by atoms with van der Waals surface area (Å²) in [4.78, 5) is 0. The first-order chi connectivity index (χ1) is 9.27. The Kier molecular flexibility index (Phi) is 4.98. The van der Waals surface area contributed by atoms with Gasteiger partial charge in [-0.3, -0.25) is 4.67 Å². The van der Waals surface area contributed by atoms with Gasteiger partial charge in [0.15, 0.2) is 0 Å². The molecule has 1 heterocycles. The Hall–Kier alpha value is -1.15. The molecule has 1 fully saturated rings. The van der Waals surface area contributed by atoms with Crippen LogP contribution in [0.2, 0.25) is 0 Å². The van der Waals surface area contributed by atoms with Crippen molar-refractivity contribution in [2.24, 2.45) is 0 Å². The number of likely N-dealkylation sites (N-methyl/N-ethyl adjacent to an activating group) is 1. The lowest BCUT2D eigenvalue weighted by Gasteiger charge is -2.20. The van der Waals surface area contributed by atoms with Crippen molar-refractivity contribution in [3.63, 3.8) is 0 Å². The highest BCUT2D eigenvalue weighted by Gasteiger charge is 2.39. The first-order valence-corrected chi connectivity index (χ1v) is 7.78. The average molecular weight is 285 g/mol. The average Bonchev–Trinajstić information content (AvgIpc) is 2.77. The molecule has 0 radical (unpaired) electrons. The molecule has 2 aromatic carbocycles. The Balaban J connectivity index is 0.00000147. The standard InChI is InChI=1S/C16H18NOP.BH3/c1-13-16(14-9-5-3-6-10-14)18-19(17(13)2)15-11-7-4-8-12-15;/h3-13,16H,1-2H3;1H3. The van der Waals surface area contributed by atoms with Crippen LogP contribution in [0.15, 0.2) is 60.7 Å². The summed E-state index contributed by atoms with van der Waals surface area (Å²) >= 11 is 0. The minimum absolute atomic E-state index is 0. The predicted octanol–water partition coefficient (Wildman–Crippen LogP) is 2.53. The van der Waals surface area contributed by atoms with E-state index in [1.54, 1.807) is 0 Å². The molecule has 0 aliphatic carbocycles. The number of nitrogens with zero attached hydrogens (tertiary/aromatic N) is 1. The van der Waals surface area contributed by atoms with E-state index in [9.17, 15) is 0 Å². The third-order valence-electron chi connectivity index (χ3n) is 3.63. The zero-order chi connectivity index (χ0) is 13.2. The molecule has 20 heavy (non-hydrogen) atoms. The summed E-state index contributed by atoms with van der Waals surface area (Å²) in [6, 6.07) is 21.4. The summed E-state index contributed by atoms with van der Waals surface area (Å²) in [5, 5.41) is 1.28. The fourth-order valence-corrected chi connectivity index (χ4v) is 4.44. The maximum absolute atomic E-state index is 6.35. The van der Waals surface area contributed by atoms with E-state index in [-0.39, 0.29) is 14.5 Å². The SMILES string of the molecule is B.CC1C(c2ccccc2)OP(c2ccccc2)N1C. The minimum atomic E-state index is -0.670. The number of hydrogen-bond donors (Lipinski definition) is 0. The fourth-order valence-electron chi connectivity index (χ4n) is 2.41. The van der Waals surface area contributed by atoms with E-state index in [4.69, 9.17) is 4.52 Å². The Morgan fingerprint density at radius 1 is 0.950 bits per heavy atom. The van der Waals surface area contributed by atoms with Gasteiger partial charge in [0, 0.05) is 11.3 Å². The second kappa shape index (κ2) is 6.54. The molecule has 0 N–H and O–H groups in total. The van der Waals surface area contributed by atoms with E-state index in [1.807, 2.05) is 12.1 Å². The smallest absolute Gasteiger partial charge is 0.138 e. The third kappa shape index (κ3) is 2.81. The summed E-state index contributed by atoms with van der Waals surface area (Å²) in [7, 11) is 1.49. The van der Waals surface area contributed by atoms with E-state index in [0.717, 1.165) is 0 Å². The Morgan fingerprint density at radius 3 is 2.10 bits per heavy atom. The van der Waals surface area contributed by atoms with Gasteiger partial charge < -0.3 is 4.52 Å². The molecule has 0 aromatic heterocycles. The van der Waals surface area contributed by atoms with Crippen molar-refractivity contribution < 1.29 is 4.52 Å². The van der Waals surface area contributed by atoms with Crippen LogP contribution < -0.4 is 5.30 Å². The van der Waals surface area contributed by atoms with Crippen molar-refractivity contribution in [1.82, 2.24) is 4.67 Å². The molecule has 2 nitrogen and oxygen atoms in total. The van der Waals surface area contributed by atoms with E-state index < -0.39 is 8.30 Å². The van der Waals surface area contributed by atoms with Gasteiger partial charge in [-0.1, -0.05) is 60.7 Å². The van der Waals surface area contributed by atoms with Crippen LogP contribution >= 0.6 is 8.30 Å². The van der Waals surface area contributed by atoms with Crippen LogP contribution in [0.5, 0.6) is 0 Å². The van der Waals surface area contributed by atoms with Crippen LogP contribution in [0.25, 0.3) is 0 Å². The van der Waals surface area contributed by atoms with E-state index in [1.165, 1.54) is 10.9 Å². The molecule has 104 valence electrons. The lowest BCUT2D eigenvalue weighted by atomic mass is 10.0. The van der Waals surface area contributed by atoms with E-state index in [2.05, 4.69) is 67.2 Å². The molecule has 0 amide bonds. The van der Waals surface area contributed by atoms with Crippen molar-refractivity contribution >= 4 is 22.0 Å². The van der Waals surface area contributed by atoms with Gasteiger partial charge in [0.2, 0.25) is 0 Å². The Bertz CT molecular complexity index is 487. The molecule has 0 spiro atoms. The molecule has 1 saturated heterocycles. The highest BCUT2D eigenvalue weighted by atomic mass is 31.2. The molecule has 3 unspecified atom stereocenters. The third-order valence-corrected chi connectivity index (χ3v) is 5.74. The predicted molar refractivity (Wildman–Crippen MR) is 90.4 cm³/mol. The Labute approximate surface area is 124 Å². The summed E-state index contributed by atoms with van der Waals surface area (Å²) < 4.78 is 8.71. The van der Waals surface area contributed by atoms with Crippen LogP contribution in [0.1, 0.15) is 18.6 Å². The van der Waals surface area contributed by atoms with Gasteiger partial charge in [-0.2, -0.15) is 0 Å². The molecular formula is C16H21BNOP. The van der Waals surface area contributed by atoms with Crippen molar-refractivity contribution in [3.8, 4) is 0 Å². The number of rotatable bonds is 2. The summed E-state index contributed by atoms with van der Waals surface area (Å²) in [6.07, 6.45) is 0.164.